The van der Waals surface area contributed by atoms with Crippen molar-refractivity contribution < 1.29 is 14.3 Å². The fourth-order valence-corrected chi connectivity index (χ4v) is 3.83. The average molecular weight is 377 g/mol. The Kier molecular flexibility index (Phi) is 5.45. The number of rotatable bonds is 4. The minimum absolute atomic E-state index is 0.0728. The first-order valence-corrected chi connectivity index (χ1v) is 9.66. The van der Waals surface area contributed by atoms with Gasteiger partial charge in [-0.15, -0.1) is 0 Å². The predicted octanol–water partition coefficient (Wildman–Crippen LogP) is 3.50. The lowest BCUT2D eigenvalue weighted by atomic mass is 10.0. The normalized spacial score (nSPS) is 18.9. The van der Waals surface area contributed by atoms with Gasteiger partial charge in [-0.1, -0.05) is 12.1 Å². The van der Waals surface area contributed by atoms with Crippen molar-refractivity contribution in [2.24, 2.45) is 0 Å². The summed E-state index contributed by atoms with van der Waals surface area (Å²) in [6, 6.07) is 15.3. The molecular formula is C22H23N3O3. The van der Waals surface area contributed by atoms with E-state index in [2.05, 4.69) is 28.4 Å². The molecule has 1 fully saturated rings. The van der Waals surface area contributed by atoms with Gasteiger partial charge in [0, 0.05) is 18.2 Å². The lowest BCUT2D eigenvalue weighted by Gasteiger charge is -2.25. The molecule has 28 heavy (non-hydrogen) atoms. The van der Waals surface area contributed by atoms with E-state index in [1.54, 1.807) is 24.3 Å². The van der Waals surface area contributed by atoms with Gasteiger partial charge in [0.1, 0.15) is 0 Å². The third-order valence-corrected chi connectivity index (χ3v) is 5.14. The van der Waals surface area contributed by atoms with Crippen LogP contribution in [0.2, 0.25) is 0 Å². The maximum Gasteiger partial charge on any atom is 0.238 e. The van der Waals surface area contributed by atoms with E-state index in [4.69, 9.17) is 14.7 Å². The number of benzene rings is 2. The molecule has 0 bridgehead atoms. The number of ether oxygens (including phenoxy) is 2. The largest absolute Gasteiger partial charge is 0.490 e. The van der Waals surface area contributed by atoms with Crippen molar-refractivity contribution in [2.75, 3.05) is 31.6 Å². The highest BCUT2D eigenvalue weighted by Crippen LogP contribution is 2.37. The number of fused-ring (bicyclic) bond motifs is 1. The Morgan fingerprint density at radius 1 is 1.14 bits per heavy atom. The van der Waals surface area contributed by atoms with E-state index in [0.717, 1.165) is 42.9 Å². The van der Waals surface area contributed by atoms with Gasteiger partial charge in [-0.25, -0.2) is 0 Å². The maximum atomic E-state index is 12.5. The first-order chi connectivity index (χ1) is 13.7. The highest BCUT2D eigenvalue weighted by Gasteiger charge is 2.28. The van der Waals surface area contributed by atoms with E-state index in [0.29, 0.717) is 31.0 Å². The summed E-state index contributed by atoms with van der Waals surface area (Å²) in [6.07, 6.45) is 2.94. The van der Waals surface area contributed by atoms with Crippen LogP contribution in [0.15, 0.2) is 42.5 Å². The zero-order valence-corrected chi connectivity index (χ0v) is 15.7. The molecule has 2 aromatic carbocycles. The van der Waals surface area contributed by atoms with Gasteiger partial charge in [0.25, 0.3) is 0 Å². The lowest BCUT2D eigenvalue weighted by molar-refractivity contribution is -0.117. The molecule has 0 spiro atoms. The topological polar surface area (TPSA) is 74.6 Å². The molecular weight excluding hydrogens is 354 g/mol. The molecule has 2 heterocycles. The van der Waals surface area contributed by atoms with Crippen LogP contribution >= 0.6 is 0 Å². The Balaban J connectivity index is 1.44. The van der Waals surface area contributed by atoms with Crippen LogP contribution in [-0.2, 0) is 4.79 Å². The molecule has 4 rings (SSSR count). The minimum Gasteiger partial charge on any atom is -0.490 e. The highest BCUT2D eigenvalue weighted by molar-refractivity contribution is 5.92. The van der Waals surface area contributed by atoms with Gasteiger partial charge in [-0.3, -0.25) is 9.69 Å². The number of hydrogen-bond donors (Lipinski definition) is 1. The second-order valence-electron chi connectivity index (χ2n) is 7.13. The number of hydrogen-bond acceptors (Lipinski definition) is 5. The van der Waals surface area contributed by atoms with Crippen LogP contribution in [0.3, 0.4) is 0 Å². The first kappa shape index (κ1) is 18.3. The van der Waals surface area contributed by atoms with Gasteiger partial charge >= 0.3 is 0 Å². The Morgan fingerprint density at radius 3 is 2.86 bits per heavy atom. The highest BCUT2D eigenvalue weighted by atomic mass is 16.5. The van der Waals surface area contributed by atoms with Crippen LogP contribution in [-0.4, -0.2) is 37.1 Å². The third kappa shape index (κ3) is 4.10. The van der Waals surface area contributed by atoms with Gasteiger partial charge < -0.3 is 14.8 Å². The van der Waals surface area contributed by atoms with Crippen LogP contribution < -0.4 is 14.8 Å². The third-order valence-electron chi connectivity index (χ3n) is 5.14. The van der Waals surface area contributed by atoms with E-state index < -0.39 is 0 Å². The SMILES string of the molecule is N#Cc1cccc(NC(=O)CN2CCC[C@H]2c2ccc3c(c2)OCCCO3)c1. The Bertz CT molecular complexity index is 906. The molecule has 2 aliphatic rings. The molecule has 0 radical (unpaired) electrons. The van der Waals surface area contributed by atoms with Crippen molar-refractivity contribution >= 4 is 11.6 Å². The Morgan fingerprint density at radius 2 is 2.00 bits per heavy atom. The number of nitriles is 1. The zero-order valence-electron chi connectivity index (χ0n) is 15.7. The van der Waals surface area contributed by atoms with Crippen LogP contribution in [0.5, 0.6) is 11.5 Å². The number of nitrogens with one attached hydrogen (secondary N) is 1. The molecule has 2 aromatic rings. The van der Waals surface area contributed by atoms with E-state index in [-0.39, 0.29) is 11.9 Å². The van der Waals surface area contributed by atoms with Crippen LogP contribution in [0.25, 0.3) is 0 Å². The van der Waals surface area contributed by atoms with Gasteiger partial charge in [-0.2, -0.15) is 5.26 Å². The number of carbonyl (C=O) groups is 1. The second kappa shape index (κ2) is 8.32. The molecule has 0 aliphatic carbocycles. The van der Waals surface area contributed by atoms with Gasteiger partial charge in [0.05, 0.1) is 31.4 Å². The first-order valence-electron chi connectivity index (χ1n) is 9.66. The molecule has 144 valence electrons. The standard InChI is InChI=1S/C22H23N3O3/c23-14-16-4-1-5-18(12-16)24-22(26)15-25-9-2-6-19(25)17-7-8-20-21(13-17)28-11-3-10-27-20/h1,4-5,7-8,12-13,19H,2-3,6,9-11,15H2,(H,24,26)/t19-/m0/s1. The maximum absolute atomic E-state index is 12.5. The van der Waals surface area contributed by atoms with Crippen LogP contribution in [0, 0.1) is 11.3 Å². The summed E-state index contributed by atoms with van der Waals surface area (Å²) in [5.41, 5.74) is 2.33. The summed E-state index contributed by atoms with van der Waals surface area (Å²) in [4.78, 5) is 14.7. The van der Waals surface area contributed by atoms with Crippen LogP contribution in [0.4, 0.5) is 5.69 Å². The van der Waals surface area contributed by atoms with Crippen molar-refractivity contribution in [3.63, 3.8) is 0 Å². The van der Waals surface area contributed by atoms with Crippen molar-refractivity contribution in [1.82, 2.24) is 4.90 Å². The summed E-state index contributed by atoms with van der Waals surface area (Å²) < 4.78 is 11.5. The molecule has 1 saturated heterocycles. The Hall–Kier alpha value is -3.04. The summed E-state index contributed by atoms with van der Waals surface area (Å²) in [5.74, 6) is 1.51. The van der Waals surface area contributed by atoms with Crippen molar-refractivity contribution in [3.8, 4) is 17.6 Å². The van der Waals surface area contributed by atoms with Gasteiger partial charge in [0.2, 0.25) is 5.91 Å². The number of anilines is 1. The summed E-state index contributed by atoms with van der Waals surface area (Å²) in [5, 5.41) is 11.9. The summed E-state index contributed by atoms with van der Waals surface area (Å²) in [7, 11) is 0. The molecule has 0 unspecified atom stereocenters. The molecule has 0 aromatic heterocycles. The van der Waals surface area contributed by atoms with Crippen molar-refractivity contribution in [2.45, 2.75) is 25.3 Å². The number of carbonyl (C=O) groups excluding carboxylic acids is 1. The van der Waals surface area contributed by atoms with Gasteiger partial charge in [0.15, 0.2) is 11.5 Å². The number of amides is 1. The smallest absolute Gasteiger partial charge is 0.238 e. The summed E-state index contributed by atoms with van der Waals surface area (Å²) in [6.45, 7) is 2.53. The van der Waals surface area contributed by atoms with E-state index in [1.165, 1.54) is 0 Å². The fraction of sp³-hybridized carbons (Fsp3) is 0.364. The predicted molar refractivity (Wildman–Crippen MR) is 105 cm³/mol. The molecule has 6 nitrogen and oxygen atoms in total. The Labute approximate surface area is 164 Å². The quantitative estimate of drug-likeness (QED) is 0.883. The zero-order chi connectivity index (χ0) is 19.3. The number of likely N-dealkylation sites (tertiary alicyclic amines) is 1. The van der Waals surface area contributed by atoms with Crippen LogP contribution in [0.1, 0.15) is 36.4 Å². The molecule has 1 N–H and O–H groups in total. The summed E-state index contributed by atoms with van der Waals surface area (Å²) >= 11 is 0. The average Bonchev–Trinajstić information content (AvgIpc) is 3.03. The van der Waals surface area contributed by atoms with E-state index in [1.807, 2.05) is 6.07 Å². The van der Waals surface area contributed by atoms with Gasteiger partial charge in [-0.05, 0) is 55.3 Å². The molecule has 1 amide bonds. The van der Waals surface area contributed by atoms with E-state index in [9.17, 15) is 4.79 Å². The van der Waals surface area contributed by atoms with E-state index >= 15 is 0 Å². The molecule has 6 heteroatoms. The monoisotopic (exact) mass is 377 g/mol. The molecule has 1 atom stereocenters. The fourth-order valence-electron chi connectivity index (χ4n) is 3.83. The van der Waals surface area contributed by atoms with Crippen molar-refractivity contribution in [3.05, 3.63) is 53.6 Å². The minimum atomic E-state index is -0.0728. The molecule has 2 aliphatic heterocycles. The lowest BCUT2D eigenvalue weighted by Crippen LogP contribution is -2.33. The van der Waals surface area contributed by atoms with Crippen molar-refractivity contribution in [1.29, 1.82) is 5.26 Å². The molecule has 0 saturated carbocycles. The number of nitrogens with zero attached hydrogens (tertiary/aromatic N) is 2. The second-order valence-corrected chi connectivity index (χ2v) is 7.13.